The lowest BCUT2D eigenvalue weighted by Crippen LogP contribution is -2.11. The molecular weight excluding hydrogens is 438 g/mol. The molecule has 0 aromatic heterocycles. The molecule has 6 heteroatoms. The highest BCUT2D eigenvalue weighted by molar-refractivity contribution is 14.1. The SMILES string of the molecule is O=C(O)/C(CC#CI)=C(\CC#CI)C(=O)O. The summed E-state index contributed by atoms with van der Waals surface area (Å²) >= 11 is 3.52. The molecular formula is C10H6I2O4. The first-order valence-corrected chi connectivity index (χ1v) is 6.06. The van der Waals surface area contributed by atoms with Gasteiger partial charge in [0.05, 0.1) is 11.1 Å². The van der Waals surface area contributed by atoms with E-state index in [1.165, 1.54) is 0 Å². The monoisotopic (exact) mass is 444 g/mol. The van der Waals surface area contributed by atoms with Crippen LogP contribution in [0.2, 0.25) is 0 Å². The Morgan fingerprint density at radius 2 is 1.19 bits per heavy atom. The zero-order chi connectivity index (χ0) is 12.6. The van der Waals surface area contributed by atoms with Crippen LogP contribution in [0.4, 0.5) is 0 Å². The Kier molecular flexibility index (Phi) is 8.03. The minimum atomic E-state index is -1.27. The Bertz CT molecular complexity index is 401. The molecule has 0 aromatic rings. The number of carbonyl (C=O) groups is 2. The fourth-order valence-corrected chi connectivity index (χ4v) is 1.25. The predicted octanol–water partition coefficient (Wildman–Crippen LogP) is 2.02. The number of halogens is 2. The van der Waals surface area contributed by atoms with Crippen molar-refractivity contribution in [3.63, 3.8) is 0 Å². The van der Waals surface area contributed by atoms with E-state index >= 15 is 0 Å². The molecule has 0 fully saturated rings. The molecule has 0 unspecified atom stereocenters. The number of aliphatic carboxylic acids is 2. The largest absolute Gasteiger partial charge is 0.478 e. The third-order valence-corrected chi connectivity index (χ3v) is 2.31. The van der Waals surface area contributed by atoms with Crippen molar-refractivity contribution < 1.29 is 19.8 Å². The highest BCUT2D eigenvalue weighted by atomic mass is 127. The van der Waals surface area contributed by atoms with Crippen molar-refractivity contribution in [3.8, 4) is 19.7 Å². The first-order chi connectivity index (χ1) is 7.54. The third-order valence-electron chi connectivity index (χ3n) is 1.54. The second kappa shape index (κ2) is 8.42. The summed E-state index contributed by atoms with van der Waals surface area (Å²) in [6.07, 6.45) is -0.189. The fraction of sp³-hybridized carbons (Fsp3) is 0.200. The zero-order valence-electron chi connectivity index (χ0n) is 7.88. The lowest BCUT2D eigenvalue weighted by molar-refractivity contribution is -0.136. The average molecular weight is 444 g/mol. The van der Waals surface area contributed by atoms with Crippen LogP contribution in [-0.4, -0.2) is 22.2 Å². The molecule has 0 aromatic carbocycles. The molecule has 16 heavy (non-hydrogen) atoms. The number of hydrogen-bond donors (Lipinski definition) is 2. The summed E-state index contributed by atoms with van der Waals surface area (Å²) in [7, 11) is 0. The minimum absolute atomic E-state index is 0.0944. The second-order valence-corrected chi connectivity index (χ2v) is 3.54. The first kappa shape index (κ1) is 15.3. The first-order valence-electron chi connectivity index (χ1n) is 3.90. The normalized spacial score (nSPS) is 10.1. The summed E-state index contributed by atoms with van der Waals surface area (Å²) in [6, 6.07) is 0. The van der Waals surface area contributed by atoms with Gasteiger partial charge in [0.25, 0.3) is 0 Å². The van der Waals surface area contributed by atoms with Gasteiger partial charge in [-0.25, -0.2) is 9.59 Å². The number of carboxylic acids is 2. The Morgan fingerprint density at radius 1 is 0.875 bits per heavy atom. The van der Waals surface area contributed by atoms with Gasteiger partial charge in [0.2, 0.25) is 0 Å². The molecule has 0 spiro atoms. The van der Waals surface area contributed by atoms with Gasteiger partial charge < -0.3 is 10.2 Å². The van der Waals surface area contributed by atoms with Gasteiger partial charge in [-0.3, -0.25) is 0 Å². The van der Waals surface area contributed by atoms with E-state index in [1.807, 2.05) is 0 Å². The molecule has 0 atom stereocenters. The van der Waals surface area contributed by atoms with E-state index < -0.39 is 11.9 Å². The third kappa shape index (κ3) is 5.37. The number of hydrogen-bond acceptors (Lipinski definition) is 2. The van der Waals surface area contributed by atoms with Crippen LogP contribution in [0.15, 0.2) is 11.1 Å². The minimum Gasteiger partial charge on any atom is -0.478 e. The van der Waals surface area contributed by atoms with Crippen LogP contribution in [0.5, 0.6) is 0 Å². The molecule has 0 aliphatic heterocycles. The van der Waals surface area contributed by atoms with Gasteiger partial charge >= 0.3 is 11.9 Å². The Balaban J connectivity index is 5.36. The highest BCUT2D eigenvalue weighted by Gasteiger charge is 2.18. The van der Waals surface area contributed by atoms with Gasteiger partial charge in [-0.2, -0.15) is 0 Å². The summed E-state index contributed by atoms with van der Waals surface area (Å²) in [5.41, 5.74) is -0.424. The molecule has 0 aliphatic rings. The Labute approximate surface area is 120 Å². The van der Waals surface area contributed by atoms with Gasteiger partial charge in [0.1, 0.15) is 0 Å². The fourth-order valence-electron chi connectivity index (χ4n) is 0.866. The summed E-state index contributed by atoms with van der Waals surface area (Å²) in [6.45, 7) is 0. The Hall–Kier alpha value is -0.740. The van der Waals surface area contributed by atoms with Crippen molar-refractivity contribution in [2.75, 3.05) is 0 Å². The van der Waals surface area contributed by atoms with E-state index in [0.717, 1.165) is 0 Å². The Morgan fingerprint density at radius 3 is 1.38 bits per heavy atom. The van der Waals surface area contributed by atoms with Crippen molar-refractivity contribution >= 4 is 57.1 Å². The smallest absolute Gasteiger partial charge is 0.333 e. The zero-order valence-corrected chi connectivity index (χ0v) is 12.2. The van der Waals surface area contributed by atoms with Crippen molar-refractivity contribution in [2.24, 2.45) is 0 Å². The van der Waals surface area contributed by atoms with Gasteiger partial charge in [0.15, 0.2) is 0 Å². The van der Waals surface area contributed by atoms with Crippen LogP contribution in [0.25, 0.3) is 0 Å². The highest BCUT2D eigenvalue weighted by Crippen LogP contribution is 2.13. The predicted molar refractivity (Wildman–Crippen MR) is 75.1 cm³/mol. The maximum atomic E-state index is 10.9. The topological polar surface area (TPSA) is 74.6 Å². The molecule has 2 N–H and O–H groups in total. The molecule has 0 bridgehead atoms. The van der Waals surface area contributed by atoms with Gasteiger partial charge in [-0.1, -0.05) is 11.8 Å². The molecule has 4 nitrogen and oxygen atoms in total. The maximum absolute atomic E-state index is 10.9. The number of rotatable bonds is 4. The van der Waals surface area contributed by atoms with Crippen LogP contribution in [0, 0.1) is 19.7 Å². The van der Waals surface area contributed by atoms with Crippen LogP contribution < -0.4 is 0 Å². The van der Waals surface area contributed by atoms with Gasteiger partial charge in [0, 0.05) is 58.0 Å². The van der Waals surface area contributed by atoms with E-state index in [1.54, 1.807) is 45.2 Å². The summed E-state index contributed by atoms with van der Waals surface area (Å²) in [5.74, 6) is 2.51. The molecule has 0 saturated carbocycles. The summed E-state index contributed by atoms with van der Waals surface area (Å²) < 4.78 is 4.99. The van der Waals surface area contributed by atoms with Crippen molar-refractivity contribution in [1.82, 2.24) is 0 Å². The van der Waals surface area contributed by atoms with Gasteiger partial charge in [-0.05, 0) is 7.85 Å². The number of carboxylic acid groups (broad SMARTS) is 2. The molecule has 0 amide bonds. The quantitative estimate of drug-likeness (QED) is 0.396. The van der Waals surface area contributed by atoms with E-state index in [2.05, 4.69) is 19.7 Å². The van der Waals surface area contributed by atoms with Crippen molar-refractivity contribution in [2.45, 2.75) is 12.8 Å². The van der Waals surface area contributed by atoms with Crippen molar-refractivity contribution in [1.29, 1.82) is 0 Å². The lowest BCUT2D eigenvalue weighted by atomic mass is 10.0. The average Bonchev–Trinajstić information content (AvgIpc) is 2.21. The van der Waals surface area contributed by atoms with Crippen molar-refractivity contribution in [3.05, 3.63) is 11.1 Å². The van der Waals surface area contributed by atoms with E-state index in [-0.39, 0.29) is 24.0 Å². The van der Waals surface area contributed by atoms with Crippen LogP contribution in [0.3, 0.4) is 0 Å². The van der Waals surface area contributed by atoms with E-state index in [0.29, 0.717) is 0 Å². The maximum Gasteiger partial charge on any atom is 0.333 e. The molecule has 0 aliphatic carbocycles. The van der Waals surface area contributed by atoms with Crippen LogP contribution in [-0.2, 0) is 9.59 Å². The van der Waals surface area contributed by atoms with E-state index in [4.69, 9.17) is 10.2 Å². The van der Waals surface area contributed by atoms with Gasteiger partial charge in [-0.15, -0.1) is 0 Å². The molecule has 0 rings (SSSR count). The van der Waals surface area contributed by atoms with E-state index in [9.17, 15) is 9.59 Å². The van der Waals surface area contributed by atoms with Crippen LogP contribution >= 0.6 is 45.2 Å². The lowest BCUT2D eigenvalue weighted by Gasteiger charge is -2.02. The summed E-state index contributed by atoms with van der Waals surface area (Å²) in [5, 5.41) is 17.8. The standard InChI is InChI=1S/C10H6I2O4/c11-5-1-3-7(9(13)14)8(10(15)16)4-2-6-12/h3-4H2,(H,13,14)(H,15,16)/b8-7+. The molecule has 0 saturated heterocycles. The second-order valence-electron chi connectivity index (χ2n) is 2.46. The molecule has 84 valence electrons. The van der Waals surface area contributed by atoms with Crippen LogP contribution in [0.1, 0.15) is 12.8 Å². The summed E-state index contributed by atoms with van der Waals surface area (Å²) in [4.78, 5) is 21.7. The molecule has 0 radical (unpaired) electrons. The molecule has 0 heterocycles.